The van der Waals surface area contributed by atoms with Gasteiger partial charge in [-0.15, -0.1) is 0 Å². The second kappa shape index (κ2) is 7.71. The van der Waals surface area contributed by atoms with Crippen LogP contribution in [0.4, 0.5) is 10.6 Å². The zero-order valence-corrected chi connectivity index (χ0v) is 16.6. The Bertz CT molecular complexity index is 1020. The number of fused-ring (bicyclic) bond motifs is 4. The van der Waals surface area contributed by atoms with Crippen LogP contribution in [-0.2, 0) is 6.54 Å². The lowest BCUT2D eigenvalue weighted by Gasteiger charge is -2.34. The highest BCUT2D eigenvalue weighted by Crippen LogP contribution is 2.32. The van der Waals surface area contributed by atoms with E-state index in [1.165, 1.54) is 0 Å². The normalized spacial score (nSPS) is 22.7. The lowest BCUT2D eigenvalue weighted by atomic mass is 9.86. The maximum absolute atomic E-state index is 12.7. The molecule has 0 radical (unpaired) electrons. The van der Waals surface area contributed by atoms with Gasteiger partial charge in [-0.3, -0.25) is 10.00 Å². The maximum Gasteiger partial charge on any atom is 0.320 e. The minimum atomic E-state index is -1.15. The number of rotatable bonds is 2. The van der Waals surface area contributed by atoms with Crippen molar-refractivity contribution in [2.75, 3.05) is 11.9 Å². The van der Waals surface area contributed by atoms with Crippen molar-refractivity contribution in [3.63, 3.8) is 0 Å². The number of nitrogens with one attached hydrogen (secondary N) is 2. The van der Waals surface area contributed by atoms with Crippen LogP contribution < -0.4 is 15.4 Å². The molecule has 2 amide bonds. The van der Waals surface area contributed by atoms with Crippen molar-refractivity contribution >= 4 is 22.8 Å². The third-order valence-electron chi connectivity index (χ3n) is 5.22. The summed E-state index contributed by atoms with van der Waals surface area (Å²) in [6.07, 6.45) is 2.79. The third kappa shape index (κ3) is 3.88. The smallest absolute Gasteiger partial charge is 0.320 e. The molecule has 2 atom stereocenters. The molecular formula is C21H25N5O3. The Morgan fingerprint density at radius 2 is 2.14 bits per heavy atom. The number of benzene rings is 1. The van der Waals surface area contributed by atoms with Gasteiger partial charge in [-0.05, 0) is 38.3 Å². The van der Waals surface area contributed by atoms with E-state index >= 15 is 0 Å². The fourth-order valence-electron chi connectivity index (χ4n) is 3.76. The van der Waals surface area contributed by atoms with E-state index in [4.69, 9.17) is 4.74 Å². The molecule has 4 rings (SSSR count). The molecule has 1 aliphatic rings. The van der Waals surface area contributed by atoms with E-state index in [1.807, 2.05) is 41.9 Å². The summed E-state index contributed by atoms with van der Waals surface area (Å²) in [6, 6.07) is 10.2. The van der Waals surface area contributed by atoms with Gasteiger partial charge >= 0.3 is 6.03 Å². The van der Waals surface area contributed by atoms with Gasteiger partial charge in [0.15, 0.2) is 0 Å². The summed E-state index contributed by atoms with van der Waals surface area (Å²) in [4.78, 5) is 17.2. The lowest BCUT2D eigenvalue weighted by Crippen LogP contribution is -2.46. The molecule has 2 bridgehead atoms. The number of urea groups is 1. The van der Waals surface area contributed by atoms with E-state index in [2.05, 4.69) is 20.7 Å². The average Bonchev–Trinajstić information content (AvgIpc) is 3.12. The van der Waals surface area contributed by atoms with E-state index in [0.29, 0.717) is 37.7 Å². The topological polar surface area (TPSA) is 101 Å². The molecular weight excluding hydrogens is 370 g/mol. The predicted octanol–water partition coefficient (Wildman–Crippen LogP) is 3.24. The predicted molar refractivity (Wildman–Crippen MR) is 110 cm³/mol. The molecule has 1 aliphatic heterocycles. The largest absolute Gasteiger partial charge is 0.476 e. The molecule has 0 saturated carbocycles. The van der Waals surface area contributed by atoms with Gasteiger partial charge in [0.25, 0.3) is 0 Å². The van der Waals surface area contributed by atoms with Crippen molar-refractivity contribution in [1.82, 2.24) is 20.1 Å². The number of hydrogen-bond acceptors (Lipinski definition) is 5. The van der Waals surface area contributed by atoms with Crippen LogP contribution in [0.1, 0.15) is 38.3 Å². The third-order valence-corrected chi connectivity index (χ3v) is 5.22. The van der Waals surface area contributed by atoms with Crippen LogP contribution in [0.3, 0.4) is 0 Å². The molecule has 3 aromatic rings. The molecule has 0 fully saturated rings. The number of nitrogens with zero attached hydrogens (tertiary/aromatic N) is 3. The molecule has 0 spiro atoms. The second-order valence-corrected chi connectivity index (χ2v) is 7.46. The van der Waals surface area contributed by atoms with E-state index < -0.39 is 17.7 Å². The van der Waals surface area contributed by atoms with Crippen LogP contribution in [0.15, 0.2) is 42.6 Å². The van der Waals surface area contributed by atoms with Gasteiger partial charge < -0.3 is 15.2 Å². The van der Waals surface area contributed by atoms with Crippen LogP contribution in [0.5, 0.6) is 5.88 Å². The summed E-state index contributed by atoms with van der Waals surface area (Å²) in [5.41, 5.74) is 0.478. The number of aliphatic hydroxyl groups is 1. The van der Waals surface area contributed by atoms with E-state index in [1.54, 1.807) is 19.2 Å². The van der Waals surface area contributed by atoms with Crippen LogP contribution in [-0.4, -0.2) is 38.1 Å². The Balaban J connectivity index is 1.71. The summed E-state index contributed by atoms with van der Waals surface area (Å²) < 4.78 is 7.76. The molecule has 1 aromatic carbocycles. The molecule has 3 heterocycles. The van der Waals surface area contributed by atoms with E-state index in [9.17, 15) is 9.90 Å². The van der Waals surface area contributed by atoms with Crippen molar-refractivity contribution in [1.29, 1.82) is 0 Å². The lowest BCUT2D eigenvalue weighted by molar-refractivity contribution is 0.00958. The van der Waals surface area contributed by atoms with Gasteiger partial charge in [-0.2, -0.15) is 10.1 Å². The quantitative estimate of drug-likeness (QED) is 0.618. The molecule has 8 heteroatoms. The maximum atomic E-state index is 12.7. The number of carbonyl (C=O) groups is 1. The summed E-state index contributed by atoms with van der Waals surface area (Å²) in [6.45, 7) is 4.81. The zero-order valence-electron chi connectivity index (χ0n) is 16.6. The first-order valence-electron chi connectivity index (χ1n) is 9.82. The SMILES string of the molecule is CCn1ncc2cc3nc(c21)OCCCC(C)(O)C(c1ccccc1)NC(=O)N3. The monoisotopic (exact) mass is 395 g/mol. The van der Waals surface area contributed by atoms with Gasteiger partial charge in [-0.1, -0.05) is 30.3 Å². The van der Waals surface area contributed by atoms with Gasteiger partial charge in [0.1, 0.15) is 11.3 Å². The Labute approximate surface area is 168 Å². The highest BCUT2D eigenvalue weighted by atomic mass is 16.5. The molecule has 3 N–H and O–H groups in total. The molecule has 29 heavy (non-hydrogen) atoms. The average molecular weight is 395 g/mol. The minimum absolute atomic E-state index is 0.368. The first-order valence-corrected chi connectivity index (χ1v) is 9.82. The number of carbonyl (C=O) groups excluding carboxylic acids is 1. The van der Waals surface area contributed by atoms with Crippen molar-refractivity contribution < 1.29 is 14.6 Å². The van der Waals surface area contributed by atoms with Crippen molar-refractivity contribution in [2.45, 2.75) is 44.9 Å². The van der Waals surface area contributed by atoms with Crippen LogP contribution in [0.2, 0.25) is 0 Å². The number of anilines is 1. The molecule has 0 saturated heterocycles. The van der Waals surface area contributed by atoms with E-state index in [-0.39, 0.29) is 0 Å². The summed E-state index contributed by atoms with van der Waals surface area (Å²) in [5, 5.41) is 22.0. The summed E-state index contributed by atoms with van der Waals surface area (Å²) in [7, 11) is 0. The fourth-order valence-corrected chi connectivity index (χ4v) is 3.76. The van der Waals surface area contributed by atoms with Crippen LogP contribution >= 0.6 is 0 Å². The fraction of sp³-hybridized carbons (Fsp3) is 0.381. The number of pyridine rings is 1. The summed E-state index contributed by atoms with van der Waals surface area (Å²) >= 11 is 0. The molecule has 8 nitrogen and oxygen atoms in total. The van der Waals surface area contributed by atoms with Crippen LogP contribution in [0, 0.1) is 0 Å². The molecule has 0 aliphatic carbocycles. The van der Waals surface area contributed by atoms with Gasteiger partial charge in [0.2, 0.25) is 5.88 Å². The van der Waals surface area contributed by atoms with Crippen LogP contribution in [0.25, 0.3) is 10.9 Å². The number of ether oxygens (including phenoxy) is 1. The first-order chi connectivity index (χ1) is 14.0. The number of hydrogen-bond donors (Lipinski definition) is 3. The first kappa shape index (κ1) is 19.2. The highest BCUT2D eigenvalue weighted by molar-refractivity contribution is 5.92. The second-order valence-electron chi connectivity index (χ2n) is 7.46. The van der Waals surface area contributed by atoms with Gasteiger partial charge in [0, 0.05) is 11.9 Å². The zero-order chi connectivity index (χ0) is 20.4. The van der Waals surface area contributed by atoms with Gasteiger partial charge in [0.05, 0.1) is 24.4 Å². The Kier molecular flexibility index (Phi) is 5.10. The standard InChI is InChI=1S/C21H25N5O3/c1-3-26-17-15(13-22-26)12-16-23-19(17)29-11-7-10-21(2,28)18(25-20(27)24-16)14-8-5-4-6-9-14/h4-6,8-9,12-13,18,28H,3,7,10-11H2,1-2H3,(H2,23,24,25,27). The number of amides is 2. The molecule has 2 aromatic heterocycles. The number of aryl methyl sites for hydroxylation is 1. The Morgan fingerprint density at radius 1 is 1.34 bits per heavy atom. The molecule has 2 unspecified atom stereocenters. The van der Waals surface area contributed by atoms with Crippen molar-refractivity contribution in [3.8, 4) is 5.88 Å². The molecule has 152 valence electrons. The van der Waals surface area contributed by atoms with Crippen molar-refractivity contribution in [2.24, 2.45) is 0 Å². The Hall–Kier alpha value is -3.13. The van der Waals surface area contributed by atoms with E-state index in [0.717, 1.165) is 16.5 Å². The highest BCUT2D eigenvalue weighted by Gasteiger charge is 2.34. The minimum Gasteiger partial charge on any atom is -0.476 e. The van der Waals surface area contributed by atoms with Gasteiger partial charge in [-0.25, -0.2) is 4.79 Å². The number of aromatic nitrogens is 3. The van der Waals surface area contributed by atoms with Crippen molar-refractivity contribution in [3.05, 3.63) is 48.2 Å². The Morgan fingerprint density at radius 3 is 2.90 bits per heavy atom. The summed E-state index contributed by atoms with van der Waals surface area (Å²) in [5.74, 6) is 0.796.